The van der Waals surface area contributed by atoms with E-state index >= 15 is 0 Å². The summed E-state index contributed by atoms with van der Waals surface area (Å²) in [5.74, 6) is 0. The fraction of sp³-hybridized carbons (Fsp3) is 0.130. The average molecular weight is 375 g/mol. The molecule has 0 fully saturated rings. The second-order valence-electron chi connectivity index (χ2n) is 6.25. The first-order chi connectivity index (χ1) is 12.9. The molecule has 130 valence electrons. The third-order valence-electron chi connectivity index (χ3n) is 4.42. The molecule has 1 heterocycles. The highest BCUT2D eigenvalue weighted by atomic mass is 32.1. The van der Waals surface area contributed by atoms with E-state index < -0.39 is 0 Å². The Morgan fingerprint density at radius 3 is 2.00 bits per heavy atom. The zero-order valence-electron chi connectivity index (χ0n) is 14.6. The smallest absolute Gasteiger partial charge is 0.0346 e. The van der Waals surface area contributed by atoms with Crippen LogP contribution >= 0.6 is 19.3 Å². The molecule has 1 nitrogen and oxygen atoms in total. The van der Waals surface area contributed by atoms with Crippen LogP contribution < -0.4 is 15.9 Å². The second kappa shape index (κ2) is 8.60. The van der Waals surface area contributed by atoms with Crippen molar-refractivity contribution in [2.45, 2.75) is 6.54 Å². The topological polar surface area (TPSA) is 12.0 Å². The van der Waals surface area contributed by atoms with Gasteiger partial charge in [-0.25, -0.2) is 0 Å². The number of nitrogens with one attached hydrogen (secondary N) is 1. The summed E-state index contributed by atoms with van der Waals surface area (Å²) in [5.41, 5.74) is 0. The molecular weight excluding hydrogens is 353 g/mol. The van der Waals surface area contributed by atoms with Crippen LogP contribution in [0.1, 0.15) is 4.88 Å². The summed E-state index contributed by atoms with van der Waals surface area (Å²) in [7, 11) is -0.310. The molecular formula is C23H22NPS. The Labute approximate surface area is 160 Å². The summed E-state index contributed by atoms with van der Waals surface area (Å²) in [6, 6.07) is 32.8. The summed E-state index contributed by atoms with van der Waals surface area (Å²) < 4.78 is 1.38. The minimum absolute atomic E-state index is 0.310. The standard InChI is InChI=1S/C23H22NPS/c1-3-10-20(11-4-1)25(21-12-5-2-6-13-21)16-15-24-18-22-17-19-9-7-8-14-23(19)26-22/h1-14,17,24H,15-16,18H2. The number of rotatable bonds is 7. The van der Waals surface area contributed by atoms with Crippen molar-refractivity contribution in [2.75, 3.05) is 12.7 Å². The fourth-order valence-corrected chi connectivity index (χ4v) is 6.44. The zero-order valence-corrected chi connectivity index (χ0v) is 16.3. The van der Waals surface area contributed by atoms with Crippen molar-refractivity contribution in [1.82, 2.24) is 5.32 Å². The van der Waals surface area contributed by atoms with Crippen LogP contribution in [-0.4, -0.2) is 12.7 Å². The van der Waals surface area contributed by atoms with E-state index in [0.29, 0.717) is 0 Å². The highest BCUT2D eigenvalue weighted by Crippen LogP contribution is 2.32. The van der Waals surface area contributed by atoms with Gasteiger partial charge in [0, 0.05) is 22.7 Å². The SMILES string of the molecule is c1ccc(P(CCNCc2cc3ccccc3s2)c2ccccc2)cc1. The molecule has 0 aliphatic heterocycles. The highest BCUT2D eigenvalue weighted by molar-refractivity contribution is 7.73. The minimum atomic E-state index is -0.310. The van der Waals surface area contributed by atoms with Crippen LogP contribution in [0.2, 0.25) is 0 Å². The molecule has 1 aromatic heterocycles. The van der Waals surface area contributed by atoms with Crippen molar-refractivity contribution in [3.8, 4) is 0 Å². The molecule has 0 atom stereocenters. The predicted octanol–water partition coefficient (Wildman–Crippen LogP) is 5.12. The van der Waals surface area contributed by atoms with E-state index in [1.807, 2.05) is 11.3 Å². The normalized spacial score (nSPS) is 11.3. The Balaban J connectivity index is 1.40. The van der Waals surface area contributed by atoms with Gasteiger partial charge in [-0.2, -0.15) is 0 Å². The first-order valence-electron chi connectivity index (χ1n) is 8.96. The van der Waals surface area contributed by atoms with Crippen LogP contribution in [0.3, 0.4) is 0 Å². The molecule has 0 unspecified atom stereocenters. The van der Waals surface area contributed by atoms with Gasteiger partial charge in [0.05, 0.1) is 0 Å². The molecule has 3 aromatic carbocycles. The summed E-state index contributed by atoms with van der Waals surface area (Å²) in [6.07, 6.45) is 1.16. The Morgan fingerprint density at radius 1 is 0.731 bits per heavy atom. The number of benzene rings is 3. The van der Waals surface area contributed by atoms with Crippen LogP contribution in [0.25, 0.3) is 10.1 Å². The highest BCUT2D eigenvalue weighted by Gasteiger charge is 2.12. The molecule has 0 spiro atoms. The third-order valence-corrected chi connectivity index (χ3v) is 8.05. The lowest BCUT2D eigenvalue weighted by molar-refractivity contribution is 0.740. The summed E-state index contributed by atoms with van der Waals surface area (Å²) >= 11 is 1.89. The third kappa shape index (κ3) is 4.22. The van der Waals surface area contributed by atoms with Gasteiger partial charge in [0.2, 0.25) is 0 Å². The van der Waals surface area contributed by atoms with Crippen LogP contribution in [0.15, 0.2) is 91.0 Å². The Morgan fingerprint density at radius 2 is 1.35 bits per heavy atom. The van der Waals surface area contributed by atoms with Crippen molar-refractivity contribution in [1.29, 1.82) is 0 Å². The number of thiophene rings is 1. The van der Waals surface area contributed by atoms with Crippen LogP contribution in [0.5, 0.6) is 0 Å². The molecule has 4 aromatic rings. The van der Waals surface area contributed by atoms with E-state index in [1.165, 1.54) is 25.6 Å². The predicted molar refractivity (Wildman–Crippen MR) is 117 cm³/mol. The molecule has 0 aliphatic carbocycles. The first-order valence-corrected chi connectivity index (χ1v) is 11.3. The Hall–Kier alpha value is -1.99. The van der Waals surface area contributed by atoms with Gasteiger partial charge in [-0.1, -0.05) is 78.9 Å². The van der Waals surface area contributed by atoms with Gasteiger partial charge < -0.3 is 5.32 Å². The van der Waals surface area contributed by atoms with E-state index in [9.17, 15) is 0 Å². The van der Waals surface area contributed by atoms with Crippen molar-refractivity contribution in [3.63, 3.8) is 0 Å². The van der Waals surface area contributed by atoms with Crippen LogP contribution in [0, 0.1) is 0 Å². The summed E-state index contributed by atoms with van der Waals surface area (Å²) in [4.78, 5) is 1.41. The van der Waals surface area contributed by atoms with Gasteiger partial charge in [0.15, 0.2) is 0 Å². The first kappa shape index (κ1) is 17.4. The maximum absolute atomic E-state index is 3.66. The van der Waals surface area contributed by atoms with Crippen molar-refractivity contribution >= 4 is 40.0 Å². The largest absolute Gasteiger partial charge is 0.311 e. The van der Waals surface area contributed by atoms with E-state index in [0.717, 1.165) is 19.3 Å². The van der Waals surface area contributed by atoms with Crippen LogP contribution in [-0.2, 0) is 6.54 Å². The van der Waals surface area contributed by atoms with Crippen molar-refractivity contribution < 1.29 is 0 Å². The average Bonchev–Trinajstić information content (AvgIpc) is 3.12. The van der Waals surface area contributed by atoms with Gasteiger partial charge in [-0.3, -0.25) is 0 Å². The van der Waals surface area contributed by atoms with E-state index in [4.69, 9.17) is 0 Å². The minimum Gasteiger partial charge on any atom is -0.311 e. The van der Waals surface area contributed by atoms with Gasteiger partial charge >= 0.3 is 0 Å². The number of fused-ring (bicyclic) bond motifs is 1. The number of hydrogen-bond acceptors (Lipinski definition) is 2. The molecule has 0 bridgehead atoms. The molecule has 0 saturated heterocycles. The fourth-order valence-electron chi connectivity index (χ4n) is 3.15. The quantitative estimate of drug-likeness (QED) is 0.349. The maximum atomic E-state index is 3.66. The Kier molecular flexibility index (Phi) is 5.76. The number of hydrogen-bond donors (Lipinski definition) is 1. The lowest BCUT2D eigenvalue weighted by atomic mass is 10.2. The van der Waals surface area contributed by atoms with Crippen LogP contribution in [0.4, 0.5) is 0 Å². The molecule has 0 aliphatic rings. The van der Waals surface area contributed by atoms with Gasteiger partial charge in [0.1, 0.15) is 0 Å². The van der Waals surface area contributed by atoms with Crippen molar-refractivity contribution in [3.05, 3.63) is 95.9 Å². The molecule has 0 saturated carbocycles. The van der Waals surface area contributed by atoms with Gasteiger partial charge in [-0.05, 0) is 42.2 Å². The van der Waals surface area contributed by atoms with E-state index in [1.54, 1.807) is 0 Å². The molecule has 1 N–H and O–H groups in total. The maximum Gasteiger partial charge on any atom is 0.0346 e. The molecule has 26 heavy (non-hydrogen) atoms. The van der Waals surface area contributed by atoms with Gasteiger partial charge in [-0.15, -0.1) is 11.3 Å². The van der Waals surface area contributed by atoms with E-state index in [-0.39, 0.29) is 7.92 Å². The van der Waals surface area contributed by atoms with Gasteiger partial charge in [0.25, 0.3) is 0 Å². The zero-order chi connectivity index (χ0) is 17.6. The molecule has 0 radical (unpaired) electrons. The Bertz CT molecular complexity index is 877. The van der Waals surface area contributed by atoms with E-state index in [2.05, 4.69) is 96.3 Å². The molecule has 0 amide bonds. The summed E-state index contributed by atoms with van der Waals surface area (Å²) in [6.45, 7) is 1.98. The summed E-state index contributed by atoms with van der Waals surface area (Å²) in [5, 5.41) is 7.92. The van der Waals surface area contributed by atoms with Crippen molar-refractivity contribution in [2.24, 2.45) is 0 Å². The molecule has 4 rings (SSSR count). The lowest BCUT2D eigenvalue weighted by Crippen LogP contribution is -2.22. The second-order valence-corrected chi connectivity index (χ2v) is 9.75. The lowest BCUT2D eigenvalue weighted by Gasteiger charge is -2.19. The molecule has 3 heteroatoms. The monoisotopic (exact) mass is 375 g/mol.